The third-order valence-corrected chi connectivity index (χ3v) is 4.18. The average Bonchev–Trinajstić information content (AvgIpc) is 3.00. The first kappa shape index (κ1) is 13.7. The minimum atomic E-state index is -0.317. The predicted molar refractivity (Wildman–Crippen MR) is 85.0 cm³/mol. The molecule has 0 aliphatic heterocycles. The zero-order valence-corrected chi connectivity index (χ0v) is 12.0. The molecule has 0 spiro atoms. The molecule has 1 aliphatic carbocycles. The second kappa shape index (κ2) is 5.60. The van der Waals surface area contributed by atoms with Gasteiger partial charge in [-0.2, -0.15) is 0 Å². The minimum Gasteiger partial charge on any atom is -0.398 e. The Morgan fingerprint density at radius 2 is 2.05 bits per heavy atom. The second-order valence-corrected chi connectivity index (χ2v) is 5.61. The van der Waals surface area contributed by atoms with E-state index in [1.165, 1.54) is 12.8 Å². The Kier molecular flexibility index (Phi) is 3.64. The first-order valence-corrected chi connectivity index (χ1v) is 7.35. The Morgan fingerprint density at radius 1 is 1.29 bits per heavy atom. The number of pyridine rings is 1. The SMILES string of the molecule is NC(=O)CN(c1ccc(N)c2cccnc12)C1CCCC1. The van der Waals surface area contributed by atoms with Crippen LogP contribution in [-0.4, -0.2) is 23.5 Å². The maximum atomic E-state index is 11.5. The number of nitrogens with two attached hydrogens (primary N) is 2. The van der Waals surface area contributed by atoms with Crippen molar-refractivity contribution < 1.29 is 4.79 Å². The van der Waals surface area contributed by atoms with Gasteiger partial charge in [-0.3, -0.25) is 9.78 Å². The van der Waals surface area contributed by atoms with Gasteiger partial charge in [-0.25, -0.2) is 0 Å². The molecule has 5 nitrogen and oxygen atoms in total. The number of carbonyl (C=O) groups excluding carboxylic acids is 1. The van der Waals surface area contributed by atoms with E-state index < -0.39 is 0 Å². The van der Waals surface area contributed by atoms with Gasteiger partial charge in [0, 0.05) is 23.3 Å². The summed E-state index contributed by atoms with van der Waals surface area (Å²) in [4.78, 5) is 18.0. The van der Waals surface area contributed by atoms with Crippen LogP contribution in [0.4, 0.5) is 11.4 Å². The third-order valence-electron chi connectivity index (χ3n) is 4.18. The molecule has 5 heteroatoms. The molecule has 1 amide bonds. The van der Waals surface area contributed by atoms with Crippen molar-refractivity contribution in [2.45, 2.75) is 31.7 Å². The smallest absolute Gasteiger partial charge is 0.236 e. The summed E-state index contributed by atoms with van der Waals surface area (Å²) in [7, 11) is 0. The highest BCUT2D eigenvalue weighted by molar-refractivity contribution is 5.99. The molecule has 1 aromatic carbocycles. The lowest BCUT2D eigenvalue weighted by Crippen LogP contribution is -2.40. The highest BCUT2D eigenvalue weighted by Crippen LogP contribution is 2.34. The van der Waals surface area contributed by atoms with E-state index in [9.17, 15) is 4.79 Å². The lowest BCUT2D eigenvalue weighted by molar-refractivity contribution is -0.116. The van der Waals surface area contributed by atoms with Gasteiger partial charge in [-0.15, -0.1) is 0 Å². The number of carbonyl (C=O) groups is 1. The van der Waals surface area contributed by atoms with E-state index in [1.807, 2.05) is 24.3 Å². The van der Waals surface area contributed by atoms with Crippen LogP contribution in [0, 0.1) is 0 Å². The van der Waals surface area contributed by atoms with Crippen LogP contribution in [0.25, 0.3) is 10.9 Å². The van der Waals surface area contributed by atoms with E-state index >= 15 is 0 Å². The minimum absolute atomic E-state index is 0.222. The summed E-state index contributed by atoms with van der Waals surface area (Å²) in [6, 6.07) is 8.01. The van der Waals surface area contributed by atoms with Crippen molar-refractivity contribution in [3.8, 4) is 0 Å². The molecule has 0 atom stereocenters. The fourth-order valence-electron chi connectivity index (χ4n) is 3.21. The molecule has 1 heterocycles. The molecular formula is C16H20N4O. The molecule has 1 aliphatic rings. The quantitative estimate of drug-likeness (QED) is 0.841. The van der Waals surface area contributed by atoms with Gasteiger partial charge in [-0.1, -0.05) is 12.8 Å². The first-order valence-electron chi connectivity index (χ1n) is 7.35. The molecule has 4 N–H and O–H groups in total. The van der Waals surface area contributed by atoms with Gasteiger partial charge in [0.15, 0.2) is 0 Å². The van der Waals surface area contributed by atoms with Crippen LogP contribution in [-0.2, 0) is 4.79 Å². The number of fused-ring (bicyclic) bond motifs is 1. The molecule has 1 saturated carbocycles. The summed E-state index contributed by atoms with van der Waals surface area (Å²) in [6.07, 6.45) is 6.32. The van der Waals surface area contributed by atoms with E-state index in [0.29, 0.717) is 11.7 Å². The van der Waals surface area contributed by atoms with Crippen molar-refractivity contribution in [1.82, 2.24) is 4.98 Å². The Hall–Kier alpha value is -2.30. The van der Waals surface area contributed by atoms with Gasteiger partial charge in [-0.05, 0) is 37.1 Å². The number of primary amides is 1. The number of benzene rings is 1. The van der Waals surface area contributed by atoms with Crippen LogP contribution >= 0.6 is 0 Å². The molecule has 110 valence electrons. The van der Waals surface area contributed by atoms with Crippen LogP contribution in [0.15, 0.2) is 30.5 Å². The highest BCUT2D eigenvalue weighted by Gasteiger charge is 2.25. The summed E-state index contributed by atoms with van der Waals surface area (Å²) in [5.74, 6) is -0.317. The van der Waals surface area contributed by atoms with E-state index in [4.69, 9.17) is 11.5 Å². The molecule has 0 unspecified atom stereocenters. The number of rotatable bonds is 4. The zero-order chi connectivity index (χ0) is 14.8. The number of nitrogens with zero attached hydrogens (tertiary/aromatic N) is 2. The number of amides is 1. The van der Waals surface area contributed by atoms with Gasteiger partial charge in [0.2, 0.25) is 5.91 Å². The van der Waals surface area contributed by atoms with Crippen molar-refractivity contribution in [2.24, 2.45) is 5.73 Å². The predicted octanol–water partition coefficient (Wildman–Crippen LogP) is 2.05. The van der Waals surface area contributed by atoms with Crippen molar-refractivity contribution in [3.05, 3.63) is 30.5 Å². The van der Waals surface area contributed by atoms with Crippen molar-refractivity contribution >= 4 is 28.2 Å². The molecule has 1 fully saturated rings. The molecule has 0 bridgehead atoms. The van der Waals surface area contributed by atoms with Gasteiger partial charge >= 0.3 is 0 Å². The lowest BCUT2D eigenvalue weighted by Gasteiger charge is -2.30. The Balaban J connectivity index is 2.10. The van der Waals surface area contributed by atoms with Gasteiger partial charge in [0.1, 0.15) is 0 Å². The first-order chi connectivity index (χ1) is 10.2. The van der Waals surface area contributed by atoms with Crippen molar-refractivity contribution in [3.63, 3.8) is 0 Å². The van der Waals surface area contributed by atoms with Crippen LogP contribution in [0.1, 0.15) is 25.7 Å². The Bertz CT molecular complexity index is 664. The second-order valence-electron chi connectivity index (χ2n) is 5.61. The zero-order valence-electron chi connectivity index (χ0n) is 12.0. The number of anilines is 2. The number of hydrogen-bond donors (Lipinski definition) is 2. The number of hydrogen-bond acceptors (Lipinski definition) is 4. The van der Waals surface area contributed by atoms with E-state index in [-0.39, 0.29) is 12.5 Å². The molecule has 1 aromatic heterocycles. The topological polar surface area (TPSA) is 85.2 Å². The van der Waals surface area contributed by atoms with E-state index in [2.05, 4.69) is 9.88 Å². The monoisotopic (exact) mass is 284 g/mol. The summed E-state index contributed by atoms with van der Waals surface area (Å²) in [6.45, 7) is 0.222. The van der Waals surface area contributed by atoms with E-state index in [1.54, 1.807) is 6.20 Å². The largest absolute Gasteiger partial charge is 0.398 e. The maximum absolute atomic E-state index is 11.5. The fraction of sp³-hybridized carbons (Fsp3) is 0.375. The average molecular weight is 284 g/mol. The van der Waals surface area contributed by atoms with Gasteiger partial charge in [0.05, 0.1) is 17.7 Å². The summed E-state index contributed by atoms with van der Waals surface area (Å²) < 4.78 is 0. The summed E-state index contributed by atoms with van der Waals surface area (Å²) >= 11 is 0. The molecule has 2 aromatic rings. The molecule has 0 radical (unpaired) electrons. The fourth-order valence-corrected chi connectivity index (χ4v) is 3.21. The molecule has 21 heavy (non-hydrogen) atoms. The summed E-state index contributed by atoms with van der Waals surface area (Å²) in [5, 5.41) is 0.919. The van der Waals surface area contributed by atoms with Crippen LogP contribution in [0.5, 0.6) is 0 Å². The van der Waals surface area contributed by atoms with Gasteiger partial charge < -0.3 is 16.4 Å². The highest BCUT2D eigenvalue weighted by atomic mass is 16.1. The maximum Gasteiger partial charge on any atom is 0.236 e. The van der Waals surface area contributed by atoms with Gasteiger partial charge in [0.25, 0.3) is 0 Å². The standard InChI is InChI=1S/C16H20N4O/c17-13-7-8-14(16-12(13)6-3-9-19-16)20(10-15(18)21)11-4-1-2-5-11/h3,6-9,11H,1-2,4-5,10,17H2,(H2,18,21). The third kappa shape index (κ3) is 2.63. The lowest BCUT2D eigenvalue weighted by atomic mass is 10.1. The van der Waals surface area contributed by atoms with Crippen LogP contribution in [0.2, 0.25) is 0 Å². The number of nitrogen functional groups attached to an aromatic ring is 1. The Labute approximate surface area is 123 Å². The molecular weight excluding hydrogens is 264 g/mol. The molecule has 3 rings (SSSR count). The number of aromatic nitrogens is 1. The van der Waals surface area contributed by atoms with Crippen LogP contribution < -0.4 is 16.4 Å². The van der Waals surface area contributed by atoms with Crippen molar-refractivity contribution in [2.75, 3.05) is 17.2 Å². The normalized spacial score (nSPS) is 15.4. The summed E-state index contributed by atoms with van der Waals surface area (Å²) in [5.41, 5.74) is 14.0. The molecule has 0 saturated heterocycles. The van der Waals surface area contributed by atoms with Crippen LogP contribution in [0.3, 0.4) is 0 Å². The Morgan fingerprint density at radius 3 is 2.76 bits per heavy atom. The van der Waals surface area contributed by atoms with E-state index in [0.717, 1.165) is 29.4 Å². The van der Waals surface area contributed by atoms with Crippen molar-refractivity contribution in [1.29, 1.82) is 0 Å².